The van der Waals surface area contributed by atoms with E-state index in [-0.39, 0.29) is 56.0 Å². The fourth-order valence-electron chi connectivity index (χ4n) is 3.39. The first-order valence-corrected chi connectivity index (χ1v) is 8.93. The molecule has 0 saturated heterocycles. The van der Waals surface area contributed by atoms with E-state index in [4.69, 9.17) is 16.3 Å². The van der Waals surface area contributed by atoms with E-state index in [9.17, 15) is 5.11 Å². The van der Waals surface area contributed by atoms with Gasteiger partial charge in [0.2, 0.25) is 0 Å². The predicted octanol–water partition coefficient (Wildman–Crippen LogP) is 4.84. The summed E-state index contributed by atoms with van der Waals surface area (Å²) in [5, 5.41) is 10.4. The van der Waals surface area contributed by atoms with E-state index in [0.29, 0.717) is 13.0 Å². The van der Waals surface area contributed by atoms with Crippen LogP contribution >= 0.6 is 11.6 Å². The summed E-state index contributed by atoms with van der Waals surface area (Å²) < 4.78 is 6.08. The number of aliphatic hydroxyl groups is 1. The molecular weight excluding hydrogens is 397 g/mol. The van der Waals surface area contributed by atoms with Gasteiger partial charge in [0.25, 0.3) is 0 Å². The van der Waals surface area contributed by atoms with Crippen LogP contribution in [0.25, 0.3) is 0 Å². The molecule has 1 aliphatic rings. The van der Waals surface area contributed by atoms with Crippen LogP contribution in [0.5, 0.6) is 5.75 Å². The van der Waals surface area contributed by atoms with Gasteiger partial charge < -0.3 is 16.8 Å². The number of rotatable bonds is 7. The predicted molar refractivity (Wildman–Crippen MR) is 97.0 cm³/mol. The molecule has 1 aromatic rings. The van der Waals surface area contributed by atoms with Gasteiger partial charge in [-0.1, -0.05) is 36.8 Å². The van der Waals surface area contributed by atoms with Crippen molar-refractivity contribution in [1.82, 2.24) is 0 Å². The van der Waals surface area contributed by atoms with Gasteiger partial charge in [0.05, 0.1) is 12.7 Å². The number of para-hydroxylation sites is 1. The summed E-state index contributed by atoms with van der Waals surface area (Å²) >= 11 is 6.46. The molecule has 1 radical (unpaired) electrons. The van der Waals surface area contributed by atoms with Crippen LogP contribution in [0.3, 0.4) is 0 Å². The summed E-state index contributed by atoms with van der Waals surface area (Å²) in [6.45, 7) is 8.46. The maximum Gasteiger partial charge on any atom is 0.125 e. The number of alkyl halides is 1. The molecule has 0 amide bonds. The normalized spacial score (nSPS) is 26.5. The maximum atomic E-state index is 10.4. The molecule has 0 aromatic heterocycles. The number of benzene rings is 1. The Labute approximate surface area is 176 Å². The van der Waals surface area contributed by atoms with Crippen molar-refractivity contribution in [2.45, 2.75) is 51.0 Å². The molecule has 1 aromatic carbocycles. The fraction of sp³-hybridized carbons (Fsp3) is 0.550. The molecule has 1 aliphatic carbocycles. The third kappa shape index (κ3) is 5.83. The summed E-state index contributed by atoms with van der Waals surface area (Å²) in [6, 6.07) is 6.14. The summed E-state index contributed by atoms with van der Waals surface area (Å²) in [4.78, 5) is 0. The van der Waals surface area contributed by atoms with E-state index in [1.165, 1.54) is 0 Å². The Kier molecular flexibility index (Phi) is 10.1. The third-order valence-electron chi connectivity index (χ3n) is 4.75. The Morgan fingerprint density at radius 1 is 1.25 bits per heavy atom. The van der Waals surface area contributed by atoms with Crippen LogP contribution < -0.4 is 4.74 Å². The van der Waals surface area contributed by atoms with E-state index >= 15 is 0 Å². The van der Waals surface area contributed by atoms with Gasteiger partial charge in [0, 0.05) is 44.0 Å². The molecule has 2 nitrogen and oxygen atoms in total. The molecule has 0 spiro atoms. The summed E-state index contributed by atoms with van der Waals surface area (Å²) in [5.74, 6) is 1.28. The van der Waals surface area contributed by atoms with Crippen molar-refractivity contribution in [1.29, 1.82) is 0 Å². The molecule has 1 N–H and O–H groups in total. The Balaban J connectivity index is 0.00000288. The minimum absolute atomic E-state index is 0. The van der Waals surface area contributed by atoms with Crippen LogP contribution in [0.15, 0.2) is 30.4 Å². The number of aryl methyl sites for hydroxylation is 2. The van der Waals surface area contributed by atoms with Gasteiger partial charge in [-0.3, -0.25) is 0 Å². The molecule has 0 aliphatic heterocycles. The van der Waals surface area contributed by atoms with Gasteiger partial charge in [0.1, 0.15) is 5.75 Å². The van der Waals surface area contributed by atoms with E-state index in [0.717, 1.165) is 36.1 Å². The van der Waals surface area contributed by atoms with E-state index in [2.05, 4.69) is 45.1 Å². The van der Waals surface area contributed by atoms with E-state index in [1.54, 1.807) is 0 Å². The average Bonchev–Trinajstić information content (AvgIpc) is 2.77. The van der Waals surface area contributed by atoms with Crippen LogP contribution in [-0.4, -0.2) is 23.2 Å². The van der Waals surface area contributed by atoms with Gasteiger partial charge in [-0.15, -0.1) is 11.6 Å². The van der Waals surface area contributed by atoms with Crippen molar-refractivity contribution in [2.24, 2.45) is 11.8 Å². The van der Waals surface area contributed by atoms with Crippen molar-refractivity contribution in [3.63, 3.8) is 0 Å². The van der Waals surface area contributed by atoms with Crippen molar-refractivity contribution in [2.75, 3.05) is 6.61 Å². The third-order valence-corrected chi connectivity index (χ3v) is 5.25. The smallest absolute Gasteiger partial charge is 0.125 e. The molecule has 4 heteroatoms. The van der Waals surface area contributed by atoms with Crippen LogP contribution in [-0.2, 0) is 32.7 Å². The molecular formula is C20H28ClO2Y-. The molecule has 0 unspecified atom stereocenters. The zero-order valence-electron chi connectivity index (χ0n) is 14.7. The van der Waals surface area contributed by atoms with Crippen molar-refractivity contribution >= 4 is 11.6 Å². The quantitative estimate of drug-likeness (QED) is 0.385. The maximum absolute atomic E-state index is 10.4. The van der Waals surface area contributed by atoms with Gasteiger partial charge in [-0.05, 0) is 43.7 Å². The van der Waals surface area contributed by atoms with Crippen LogP contribution in [0, 0.1) is 32.6 Å². The molecule has 0 bridgehead atoms. The van der Waals surface area contributed by atoms with Gasteiger partial charge >= 0.3 is 0 Å². The fourth-order valence-corrected chi connectivity index (χ4v) is 3.86. The number of allylic oxidation sites excluding steroid dienone is 2. The Morgan fingerprint density at radius 2 is 1.92 bits per heavy atom. The molecule has 4 atom stereocenters. The zero-order valence-corrected chi connectivity index (χ0v) is 18.3. The monoisotopic (exact) mass is 424 g/mol. The van der Waals surface area contributed by atoms with Crippen LogP contribution in [0.2, 0.25) is 0 Å². The number of unbranched alkanes of at least 4 members (excludes halogenated alkanes) is 1. The van der Waals surface area contributed by atoms with Crippen molar-refractivity contribution in [3.05, 3.63) is 48.4 Å². The average molecular weight is 425 g/mol. The molecule has 24 heavy (non-hydrogen) atoms. The second-order valence-electron chi connectivity index (χ2n) is 6.53. The minimum atomic E-state index is -0.381. The Bertz CT molecular complexity index is 512. The molecule has 1 saturated carbocycles. The van der Waals surface area contributed by atoms with Gasteiger partial charge in [0.15, 0.2) is 0 Å². The number of halogens is 1. The van der Waals surface area contributed by atoms with E-state index < -0.39 is 0 Å². The Morgan fingerprint density at radius 3 is 2.54 bits per heavy atom. The largest absolute Gasteiger partial charge is 0.493 e. The first kappa shape index (κ1) is 22.2. The number of hydrogen-bond acceptors (Lipinski definition) is 2. The zero-order chi connectivity index (χ0) is 16.8. The van der Waals surface area contributed by atoms with Gasteiger partial charge in [-0.2, -0.15) is 6.42 Å². The molecule has 1 fully saturated rings. The van der Waals surface area contributed by atoms with E-state index in [1.807, 2.05) is 6.07 Å². The van der Waals surface area contributed by atoms with Crippen molar-refractivity contribution < 1.29 is 42.6 Å². The van der Waals surface area contributed by atoms with Crippen LogP contribution in [0.1, 0.15) is 36.8 Å². The summed E-state index contributed by atoms with van der Waals surface area (Å²) in [5.41, 5.74) is 2.26. The summed E-state index contributed by atoms with van der Waals surface area (Å²) in [6.07, 6.45) is 7.40. The first-order chi connectivity index (χ1) is 11.0. The number of aliphatic hydroxyl groups excluding tert-OH is 1. The molecule has 0 heterocycles. The Hall–Kier alpha value is 0.114. The molecule has 131 valence electrons. The second kappa shape index (κ2) is 11.0. The SMILES string of the molecule is [CH2-]CC/C=C\C[C@@H]1[C@@H](COc2c(C)cccc2C)[C@H](O)C[C@H]1Cl.[Y]. The minimum Gasteiger partial charge on any atom is -0.493 e. The number of hydrogen-bond donors (Lipinski definition) is 1. The standard InChI is InChI=1S/C20H28ClO2.Y/c1-4-5-6-7-11-16-17(19(22)12-18(16)21)13-23-20-14(2)9-8-10-15(20)3;/h6-10,16-19,22H,1,4-5,11-13H2,2-3H3;/q-1;/b7-6-;/t16-,17-,18-,19-;/m1./s1. The first-order valence-electron chi connectivity index (χ1n) is 8.50. The molecule has 2 rings (SSSR count). The topological polar surface area (TPSA) is 29.5 Å². The number of ether oxygens (including phenoxy) is 1. The second-order valence-corrected chi connectivity index (χ2v) is 7.09. The summed E-state index contributed by atoms with van der Waals surface area (Å²) in [7, 11) is 0. The van der Waals surface area contributed by atoms with Crippen molar-refractivity contribution in [3.8, 4) is 5.75 Å². The van der Waals surface area contributed by atoms with Gasteiger partial charge in [-0.25, -0.2) is 0 Å². The van der Waals surface area contributed by atoms with Crippen LogP contribution in [0.4, 0.5) is 0 Å².